The molecule has 2 aliphatic rings. The highest BCUT2D eigenvalue weighted by Crippen LogP contribution is 2.30. The van der Waals surface area contributed by atoms with E-state index < -0.39 is 11.9 Å². The third-order valence-corrected chi connectivity index (χ3v) is 5.52. The van der Waals surface area contributed by atoms with Crippen molar-refractivity contribution in [1.82, 2.24) is 19.8 Å². The molecule has 2 aliphatic heterocycles. The number of hydrogen-bond donors (Lipinski definition) is 0. The molecule has 0 spiro atoms. The van der Waals surface area contributed by atoms with Crippen LogP contribution in [0.2, 0.25) is 0 Å². The molecular formula is C21H28F3N5O2. The molecule has 1 aromatic rings. The number of piperidine rings is 1. The second-order valence-corrected chi connectivity index (χ2v) is 7.79. The average molecular weight is 439 g/mol. The Morgan fingerprint density at radius 2 is 1.81 bits per heavy atom. The van der Waals surface area contributed by atoms with E-state index in [0.29, 0.717) is 44.9 Å². The monoisotopic (exact) mass is 439 g/mol. The van der Waals surface area contributed by atoms with E-state index in [4.69, 9.17) is 4.74 Å². The number of ether oxygens (including phenoxy) is 1. The number of aromatic nitrogens is 2. The van der Waals surface area contributed by atoms with Gasteiger partial charge < -0.3 is 14.5 Å². The minimum Gasteiger partial charge on any atom is -0.365 e. The van der Waals surface area contributed by atoms with Crippen molar-refractivity contribution < 1.29 is 22.7 Å². The van der Waals surface area contributed by atoms with Crippen LogP contribution in [0.3, 0.4) is 0 Å². The lowest BCUT2D eigenvalue weighted by atomic mass is 10.1. The summed E-state index contributed by atoms with van der Waals surface area (Å²) in [5.41, 5.74) is -0.911. The molecule has 0 aromatic carbocycles. The number of hydrogen-bond acceptors (Lipinski definition) is 6. The van der Waals surface area contributed by atoms with E-state index in [2.05, 4.69) is 26.7 Å². The first-order valence-corrected chi connectivity index (χ1v) is 10.5. The minimum atomic E-state index is -4.48. The number of rotatable bonds is 4. The molecule has 0 unspecified atom stereocenters. The zero-order chi connectivity index (χ0) is 22.4. The van der Waals surface area contributed by atoms with Crippen LogP contribution in [-0.4, -0.2) is 84.2 Å². The van der Waals surface area contributed by atoms with Gasteiger partial charge in [-0.1, -0.05) is 11.8 Å². The summed E-state index contributed by atoms with van der Waals surface area (Å²) < 4.78 is 44.8. The number of aryl methyl sites for hydroxylation is 1. The summed E-state index contributed by atoms with van der Waals surface area (Å²) in [6, 6.07) is 1.01. The number of nitrogens with zero attached hydrogens (tertiary/aromatic N) is 5. The van der Waals surface area contributed by atoms with Gasteiger partial charge in [-0.25, -0.2) is 9.97 Å². The molecule has 7 nitrogen and oxygen atoms in total. The third kappa shape index (κ3) is 6.80. The van der Waals surface area contributed by atoms with Crippen LogP contribution in [-0.2, 0) is 15.7 Å². The summed E-state index contributed by atoms with van der Waals surface area (Å²) in [6.07, 6.45) is -3.03. The summed E-state index contributed by atoms with van der Waals surface area (Å²) in [6.45, 7) is 8.33. The van der Waals surface area contributed by atoms with Crippen molar-refractivity contribution in [2.45, 2.75) is 39.0 Å². The lowest BCUT2D eigenvalue weighted by molar-refractivity contribution is -0.141. The highest BCUT2D eigenvalue weighted by Gasteiger charge is 2.34. The van der Waals surface area contributed by atoms with Gasteiger partial charge in [-0.3, -0.25) is 9.69 Å². The summed E-state index contributed by atoms with van der Waals surface area (Å²) in [4.78, 5) is 24.9. The van der Waals surface area contributed by atoms with E-state index in [0.717, 1.165) is 32.2 Å². The van der Waals surface area contributed by atoms with Crippen molar-refractivity contribution in [3.05, 3.63) is 17.6 Å². The van der Waals surface area contributed by atoms with Crippen LogP contribution in [0.15, 0.2) is 6.07 Å². The Balaban J connectivity index is 1.38. The maximum Gasteiger partial charge on any atom is 0.433 e. The van der Waals surface area contributed by atoms with Gasteiger partial charge in [0.05, 0.1) is 12.6 Å². The lowest BCUT2D eigenvalue weighted by Crippen LogP contribution is -2.47. The zero-order valence-corrected chi connectivity index (χ0v) is 17.9. The summed E-state index contributed by atoms with van der Waals surface area (Å²) >= 11 is 0. The number of anilines is 1. The number of alkyl halides is 3. The predicted octanol–water partition coefficient (Wildman–Crippen LogP) is 1.96. The first-order chi connectivity index (χ1) is 14.7. The van der Waals surface area contributed by atoms with Gasteiger partial charge in [-0.05, 0) is 19.8 Å². The van der Waals surface area contributed by atoms with Gasteiger partial charge in [0.15, 0.2) is 0 Å². The molecule has 2 saturated heterocycles. The number of carbonyl (C=O) groups excluding carboxylic acids is 1. The molecule has 170 valence electrons. The highest BCUT2D eigenvalue weighted by molar-refractivity contribution is 5.73. The van der Waals surface area contributed by atoms with Gasteiger partial charge in [-0.2, -0.15) is 13.2 Å². The van der Waals surface area contributed by atoms with Crippen LogP contribution >= 0.6 is 0 Å². The highest BCUT2D eigenvalue weighted by atomic mass is 19.4. The number of amides is 1. The van der Waals surface area contributed by atoms with Gasteiger partial charge in [0.2, 0.25) is 5.91 Å². The molecule has 0 N–H and O–H groups in total. The van der Waals surface area contributed by atoms with Crippen LogP contribution in [0, 0.1) is 18.8 Å². The van der Waals surface area contributed by atoms with Gasteiger partial charge in [0.25, 0.3) is 0 Å². The normalized spacial score (nSPS) is 18.6. The Morgan fingerprint density at radius 3 is 2.42 bits per heavy atom. The van der Waals surface area contributed by atoms with Crippen LogP contribution in [0.25, 0.3) is 0 Å². The van der Waals surface area contributed by atoms with Crippen molar-refractivity contribution >= 4 is 11.7 Å². The van der Waals surface area contributed by atoms with E-state index >= 15 is 0 Å². The largest absolute Gasteiger partial charge is 0.433 e. The van der Waals surface area contributed by atoms with E-state index in [1.54, 1.807) is 6.92 Å². The molecule has 0 saturated carbocycles. The van der Waals surface area contributed by atoms with Gasteiger partial charge >= 0.3 is 6.18 Å². The van der Waals surface area contributed by atoms with Crippen molar-refractivity contribution in [2.75, 3.05) is 57.3 Å². The molecule has 0 aliphatic carbocycles. The van der Waals surface area contributed by atoms with E-state index in [-0.39, 0.29) is 17.8 Å². The quantitative estimate of drug-likeness (QED) is 0.669. The molecule has 10 heteroatoms. The smallest absolute Gasteiger partial charge is 0.365 e. The maximum absolute atomic E-state index is 13.0. The van der Waals surface area contributed by atoms with Crippen molar-refractivity contribution in [3.8, 4) is 11.8 Å². The average Bonchev–Trinajstić information content (AvgIpc) is 2.73. The fourth-order valence-corrected chi connectivity index (χ4v) is 3.71. The fourth-order valence-electron chi connectivity index (χ4n) is 3.71. The first-order valence-electron chi connectivity index (χ1n) is 10.5. The summed E-state index contributed by atoms with van der Waals surface area (Å²) in [5.74, 6) is 6.68. The van der Waals surface area contributed by atoms with E-state index in [9.17, 15) is 18.0 Å². The second kappa shape index (κ2) is 10.3. The Bertz CT molecular complexity index is 821. The predicted molar refractivity (Wildman–Crippen MR) is 109 cm³/mol. The fraction of sp³-hybridized carbons (Fsp3) is 0.667. The van der Waals surface area contributed by atoms with Crippen LogP contribution in [0.5, 0.6) is 0 Å². The second-order valence-electron chi connectivity index (χ2n) is 7.79. The number of piperazine rings is 1. The standard InChI is InChI=1S/C21H28F3N5O2/c1-16-25-19(21(22,23)24)15-20(26-16)29-8-5-18(6-9-29)31-14-4-3-7-27-10-12-28(13-11-27)17(2)30/h15,18H,5-14H2,1-2H3. The summed E-state index contributed by atoms with van der Waals surface area (Å²) in [7, 11) is 0. The van der Waals surface area contributed by atoms with Gasteiger partial charge in [-0.15, -0.1) is 0 Å². The lowest BCUT2D eigenvalue weighted by Gasteiger charge is -2.33. The Morgan fingerprint density at radius 1 is 1.13 bits per heavy atom. The Kier molecular flexibility index (Phi) is 7.73. The molecule has 3 rings (SSSR count). The van der Waals surface area contributed by atoms with Crippen LogP contribution < -0.4 is 4.90 Å². The Labute approximate surface area is 180 Å². The maximum atomic E-state index is 13.0. The summed E-state index contributed by atoms with van der Waals surface area (Å²) in [5, 5.41) is 0. The first kappa shape index (κ1) is 23.3. The van der Waals surface area contributed by atoms with Crippen LogP contribution in [0.1, 0.15) is 31.3 Å². The topological polar surface area (TPSA) is 61.8 Å². The SMILES string of the molecule is CC(=O)N1CCN(CC#CCOC2CCN(c3cc(C(F)(F)F)nc(C)n3)CC2)CC1. The molecule has 1 aromatic heterocycles. The van der Waals surface area contributed by atoms with E-state index in [1.807, 2.05) is 9.80 Å². The molecule has 0 atom stereocenters. The van der Waals surface area contributed by atoms with Crippen molar-refractivity contribution in [2.24, 2.45) is 0 Å². The molecule has 31 heavy (non-hydrogen) atoms. The van der Waals surface area contributed by atoms with E-state index in [1.165, 1.54) is 6.92 Å². The van der Waals surface area contributed by atoms with Crippen molar-refractivity contribution in [3.63, 3.8) is 0 Å². The number of carbonyl (C=O) groups is 1. The molecule has 2 fully saturated rings. The Hall–Kier alpha value is -2.38. The molecular weight excluding hydrogens is 411 g/mol. The molecule has 3 heterocycles. The number of halogens is 3. The van der Waals surface area contributed by atoms with Gasteiger partial charge in [0, 0.05) is 52.3 Å². The third-order valence-electron chi connectivity index (χ3n) is 5.52. The molecule has 0 radical (unpaired) electrons. The van der Waals surface area contributed by atoms with Gasteiger partial charge in [0.1, 0.15) is 23.9 Å². The molecule has 1 amide bonds. The van der Waals surface area contributed by atoms with Crippen molar-refractivity contribution in [1.29, 1.82) is 0 Å². The van der Waals surface area contributed by atoms with Crippen LogP contribution in [0.4, 0.5) is 19.0 Å². The molecule has 0 bridgehead atoms. The zero-order valence-electron chi connectivity index (χ0n) is 17.9. The minimum absolute atomic E-state index is 0.0367.